The van der Waals surface area contributed by atoms with E-state index in [2.05, 4.69) is 31.8 Å². The number of rotatable bonds is 2. The zero-order valence-corrected chi connectivity index (χ0v) is 19.1. The van der Waals surface area contributed by atoms with E-state index in [1.54, 1.807) is 23.2 Å². The van der Waals surface area contributed by atoms with E-state index in [0.29, 0.717) is 18.8 Å². The lowest BCUT2D eigenvalue weighted by molar-refractivity contribution is -0.192. The quantitative estimate of drug-likeness (QED) is 0.573. The molecule has 2 aliphatic heterocycles. The second kappa shape index (κ2) is 9.17. The van der Waals surface area contributed by atoms with Crippen molar-refractivity contribution < 1.29 is 32.3 Å². The van der Waals surface area contributed by atoms with Crippen molar-refractivity contribution in [1.82, 2.24) is 34.3 Å². The molecule has 0 radical (unpaired) electrons. The number of piperidine rings is 1. The average Bonchev–Trinajstić information content (AvgIpc) is 3.54. The number of aromatic nitrogens is 5. The van der Waals surface area contributed by atoms with Gasteiger partial charge in [0.2, 0.25) is 0 Å². The lowest BCUT2D eigenvalue weighted by Crippen LogP contribution is -2.56. The lowest BCUT2D eigenvalue weighted by atomic mass is 9.84. The van der Waals surface area contributed by atoms with E-state index in [1.807, 2.05) is 24.1 Å². The molecule has 35 heavy (non-hydrogen) atoms. The molecule has 0 bridgehead atoms. The normalized spacial score (nSPS) is 17.6. The predicted octanol–water partition coefficient (Wildman–Crippen LogP) is 1.98. The molecular formula is C21H24F3N7O4. The zero-order valence-electron chi connectivity index (χ0n) is 19.1. The highest BCUT2D eigenvalue weighted by Crippen LogP contribution is 2.39. The Morgan fingerprint density at radius 2 is 1.83 bits per heavy atom. The van der Waals surface area contributed by atoms with Gasteiger partial charge in [0.15, 0.2) is 11.6 Å². The second-order valence-corrected chi connectivity index (χ2v) is 8.62. The van der Waals surface area contributed by atoms with E-state index in [0.717, 1.165) is 43.3 Å². The maximum Gasteiger partial charge on any atom is 0.490 e. The molecule has 14 heteroatoms. The monoisotopic (exact) mass is 495 g/mol. The topological polar surface area (TPSA) is 123 Å². The van der Waals surface area contributed by atoms with Crippen LogP contribution in [-0.4, -0.2) is 84.2 Å². The number of amides is 1. The molecule has 3 aromatic rings. The Bertz CT molecular complexity index is 1190. The maximum atomic E-state index is 12.8. The number of fused-ring (bicyclic) bond motifs is 2. The van der Waals surface area contributed by atoms with Gasteiger partial charge in [-0.3, -0.25) is 18.9 Å². The maximum absolute atomic E-state index is 12.8. The Kier molecular flexibility index (Phi) is 6.40. The molecule has 5 heterocycles. The highest BCUT2D eigenvalue weighted by atomic mass is 19.4. The minimum atomic E-state index is -5.08. The molecule has 2 aliphatic rings. The summed E-state index contributed by atoms with van der Waals surface area (Å²) < 4.78 is 41.3. The van der Waals surface area contributed by atoms with Crippen LogP contribution in [-0.2, 0) is 23.9 Å². The zero-order chi connectivity index (χ0) is 25.4. The van der Waals surface area contributed by atoms with Crippen LogP contribution in [0.3, 0.4) is 0 Å². The van der Waals surface area contributed by atoms with Crippen LogP contribution in [0.1, 0.15) is 29.2 Å². The van der Waals surface area contributed by atoms with Crippen molar-refractivity contribution in [3.63, 3.8) is 0 Å². The number of nitrogens with zero attached hydrogens (tertiary/aromatic N) is 7. The molecule has 3 aromatic heterocycles. The fourth-order valence-electron chi connectivity index (χ4n) is 4.55. The number of hydrogen-bond acceptors (Lipinski definition) is 7. The highest BCUT2D eigenvalue weighted by molar-refractivity contribution is 5.92. The van der Waals surface area contributed by atoms with Gasteiger partial charge in [0.05, 0.1) is 18.3 Å². The lowest BCUT2D eigenvalue weighted by Gasteiger charge is -2.47. The van der Waals surface area contributed by atoms with Crippen molar-refractivity contribution >= 4 is 11.9 Å². The van der Waals surface area contributed by atoms with E-state index in [-0.39, 0.29) is 11.4 Å². The van der Waals surface area contributed by atoms with Crippen LogP contribution < -0.4 is 0 Å². The van der Waals surface area contributed by atoms with Gasteiger partial charge in [-0.1, -0.05) is 0 Å². The Morgan fingerprint density at radius 3 is 2.37 bits per heavy atom. The number of aliphatic carboxylic acids is 1. The summed E-state index contributed by atoms with van der Waals surface area (Å²) in [6.45, 7) is 3.01. The Labute approximate surface area is 197 Å². The third-order valence-electron chi connectivity index (χ3n) is 6.08. The van der Waals surface area contributed by atoms with Crippen LogP contribution in [0.15, 0.2) is 35.1 Å². The Morgan fingerprint density at radius 1 is 1.14 bits per heavy atom. The minimum Gasteiger partial charge on any atom is -0.475 e. The second-order valence-electron chi connectivity index (χ2n) is 8.62. The van der Waals surface area contributed by atoms with Crippen LogP contribution in [0.25, 0.3) is 11.6 Å². The number of aryl methyl sites for hydroxylation is 1. The number of carboxylic acids is 1. The third kappa shape index (κ3) is 4.92. The van der Waals surface area contributed by atoms with Gasteiger partial charge in [-0.2, -0.15) is 18.3 Å². The first-order valence-corrected chi connectivity index (χ1v) is 10.8. The van der Waals surface area contributed by atoms with Gasteiger partial charge in [0, 0.05) is 32.9 Å². The van der Waals surface area contributed by atoms with Gasteiger partial charge in [0.1, 0.15) is 11.5 Å². The van der Waals surface area contributed by atoms with Crippen molar-refractivity contribution in [2.75, 3.05) is 26.7 Å². The van der Waals surface area contributed by atoms with Crippen LogP contribution in [0.5, 0.6) is 0 Å². The van der Waals surface area contributed by atoms with Gasteiger partial charge >= 0.3 is 12.1 Å². The number of carboxylic acid groups (broad SMARTS) is 1. The summed E-state index contributed by atoms with van der Waals surface area (Å²) in [4.78, 5) is 25.9. The Balaban J connectivity index is 0.000000364. The minimum absolute atomic E-state index is 0.00477. The molecule has 0 aromatic carbocycles. The number of likely N-dealkylation sites (N-methyl/N-ethyl adjacent to an activating group) is 1. The summed E-state index contributed by atoms with van der Waals surface area (Å²) in [6, 6.07) is 5.56. The van der Waals surface area contributed by atoms with E-state index in [4.69, 9.17) is 14.3 Å². The number of likely N-dealkylation sites (tertiary alicyclic amines) is 1. The molecule has 1 spiro atoms. The number of carbonyl (C=O) groups excluding carboxylic acids is 1. The summed E-state index contributed by atoms with van der Waals surface area (Å²) in [5, 5.41) is 20.2. The molecule has 1 fully saturated rings. The summed E-state index contributed by atoms with van der Waals surface area (Å²) >= 11 is 0. The van der Waals surface area contributed by atoms with E-state index >= 15 is 0 Å². The van der Waals surface area contributed by atoms with Crippen LogP contribution in [0.4, 0.5) is 13.2 Å². The van der Waals surface area contributed by atoms with E-state index in [1.165, 1.54) is 0 Å². The van der Waals surface area contributed by atoms with Gasteiger partial charge in [-0.05, 0) is 38.1 Å². The summed E-state index contributed by atoms with van der Waals surface area (Å²) in [7, 11) is 3.93. The molecule has 1 amide bonds. The number of alkyl halides is 3. The van der Waals surface area contributed by atoms with Crippen molar-refractivity contribution in [3.8, 4) is 11.6 Å². The van der Waals surface area contributed by atoms with Crippen molar-refractivity contribution in [2.45, 2.75) is 31.1 Å². The molecule has 1 N–H and O–H groups in total. The smallest absolute Gasteiger partial charge is 0.475 e. The fourth-order valence-corrected chi connectivity index (χ4v) is 4.55. The van der Waals surface area contributed by atoms with Crippen LogP contribution >= 0.6 is 0 Å². The summed E-state index contributed by atoms with van der Waals surface area (Å²) in [5.74, 6) is -0.306. The van der Waals surface area contributed by atoms with Gasteiger partial charge in [-0.15, -0.1) is 10.2 Å². The molecule has 0 saturated carbocycles. The third-order valence-corrected chi connectivity index (χ3v) is 6.08. The first-order chi connectivity index (χ1) is 16.5. The molecule has 0 unspecified atom stereocenters. The summed E-state index contributed by atoms with van der Waals surface area (Å²) in [5.41, 5.74) is 0.356. The van der Waals surface area contributed by atoms with Gasteiger partial charge in [-0.25, -0.2) is 4.79 Å². The molecular weight excluding hydrogens is 471 g/mol. The predicted molar refractivity (Wildman–Crippen MR) is 114 cm³/mol. The molecule has 11 nitrogen and oxygen atoms in total. The summed E-state index contributed by atoms with van der Waals surface area (Å²) in [6.07, 6.45) is 0.0594. The standard InChI is InChI=1S/C19H23N7O2.C2HF3O2/c1-23-12-16-20-21-17(15-4-3-11-28-15)26(16)19(13-23)6-9-25(10-7-19)18(27)14-5-8-24(2)22-14;3-2(4,5)1(6)7/h3-5,8,11H,6-7,9-10,12-13H2,1-2H3;(H,6,7). The first-order valence-electron chi connectivity index (χ1n) is 10.8. The number of halogens is 3. The SMILES string of the molecule is CN1Cc2nnc(-c3ccco3)n2C2(CCN(C(=O)c3ccn(C)n3)CC2)C1.O=C(O)C(F)(F)F. The average molecular weight is 495 g/mol. The molecule has 0 atom stereocenters. The van der Waals surface area contributed by atoms with Crippen LogP contribution in [0, 0.1) is 0 Å². The molecule has 0 aliphatic carbocycles. The van der Waals surface area contributed by atoms with Crippen molar-refractivity contribution in [3.05, 3.63) is 42.2 Å². The number of hydrogen-bond donors (Lipinski definition) is 1. The molecule has 5 rings (SSSR count). The van der Waals surface area contributed by atoms with E-state index in [9.17, 15) is 18.0 Å². The number of carbonyl (C=O) groups is 2. The number of furan rings is 1. The Hall–Kier alpha value is -3.68. The first kappa shape index (κ1) is 24.4. The largest absolute Gasteiger partial charge is 0.490 e. The fraction of sp³-hybridized carbons (Fsp3) is 0.476. The van der Waals surface area contributed by atoms with Crippen LogP contribution in [0.2, 0.25) is 0 Å². The molecule has 1 saturated heterocycles. The van der Waals surface area contributed by atoms with Gasteiger partial charge < -0.3 is 14.4 Å². The highest BCUT2D eigenvalue weighted by Gasteiger charge is 2.45. The van der Waals surface area contributed by atoms with Gasteiger partial charge in [0.25, 0.3) is 5.91 Å². The van der Waals surface area contributed by atoms with Crippen molar-refractivity contribution in [1.29, 1.82) is 0 Å². The van der Waals surface area contributed by atoms with E-state index < -0.39 is 12.1 Å². The molecule has 188 valence electrons. The van der Waals surface area contributed by atoms with Crippen molar-refractivity contribution in [2.24, 2.45) is 7.05 Å².